The van der Waals surface area contributed by atoms with Crippen molar-refractivity contribution in [1.29, 1.82) is 0 Å². The van der Waals surface area contributed by atoms with E-state index in [2.05, 4.69) is 36.1 Å². The van der Waals surface area contributed by atoms with Gasteiger partial charge in [-0.05, 0) is 54.7 Å². The Hall–Kier alpha value is -2.20. The Morgan fingerprint density at radius 2 is 1.63 bits per heavy atom. The minimum absolute atomic E-state index is 0.757. The summed E-state index contributed by atoms with van der Waals surface area (Å²) in [5, 5.41) is 0. The fourth-order valence-electron chi connectivity index (χ4n) is 2.34. The van der Waals surface area contributed by atoms with E-state index < -0.39 is 0 Å². The average molecular weight is 247 g/mol. The van der Waals surface area contributed by atoms with Gasteiger partial charge < -0.3 is 5.73 Å². The number of nitrogens with two attached hydrogens (primary N) is 1. The molecule has 1 aliphatic rings. The van der Waals surface area contributed by atoms with Gasteiger partial charge in [-0.1, -0.05) is 36.5 Å². The van der Waals surface area contributed by atoms with E-state index in [1.165, 1.54) is 24.8 Å². The van der Waals surface area contributed by atoms with Crippen molar-refractivity contribution >= 4 is 5.69 Å². The molecule has 1 saturated carbocycles. The molecule has 0 aliphatic heterocycles. The van der Waals surface area contributed by atoms with Crippen molar-refractivity contribution in [3.63, 3.8) is 0 Å². The molecule has 1 nitrogen and oxygen atoms in total. The van der Waals surface area contributed by atoms with Crippen molar-refractivity contribution in [1.82, 2.24) is 0 Å². The zero-order valence-corrected chi connectivity index (χ0v) is 10.9. The molecule has 1 aliphatic carbocycles. The van der Waals surface area contributed by atoms with Crippen molar-refractivity contribution in [2.24, 2.45) is 0 Å². The molecule has 1 heteroatoms. The monoisotopic (exact) mass is 247 g/mol. The predicted molar refractivity (Wildman–Crippen MR) is 79.9 cm³/mol. The number of nitrogen functional groups attached to an aromatic ring is 1. The molecule has 19 heavy (non-hydrogen) atoms. The van der Waals surface area contributed by atoms with Crippen LogP contribution in [0.3, 0.4) is 0 Å². The third-order valence-electron chi connectivity index (χ3n) is 3.73. The van der Waals surface area contributed by atoms with E-state index in [9.17, 15) is 0 Å². The topological polar surface area (TPSA) is 26.0 Å². The van der Waals surface area contributed by atoms with Crippen LogP contribution in [0.15, 0.2) is 48.5 Å². The van der Waals surface area contributed by atoms with Crippen LogP contribution < -0.4 is 5.73 Å². The van der Waals surface area contributed by atoms with E-state index in [0.717, 1.165) is 22.7 Å². The first-order chi connectivity index (χ1) is 9.31. The smallest absolute Gasteiger partial charge is 0.0326 e. The van der Waals surface area contributed by atoms with E-state index in [4.69, 9.17) is 5.73 Å². The maximum atomic E-state index is 5.73. The third-order valence-corrected chi connectivity index (χ3v) is 3.73. The molecule has 0 unspecified atom stereocenters. The van der Waals surface area contributed by atoms with Gasteiger partial charge in [-0.3, -0.25) is 0 Å². The van der Waals surface area contributed by atoms with Crippen LogP contribution in [0.5, 0.6) is 0 Å². The Morgan fingerprint density at radius 3 is 2.26 bits per heavy atom. The van der Waals surface area contributed by atoms with Crippen LogP contribution in [-0.2, 0) is 0 Å². The molecule has 2 N–H and O–H groups in total. The van der Waals surface area contributed by atoms with E-state index in [1.807, 2.05) is 24.3 Å². The van der Waals surface area contributed by atoms with Gasteiger partial charge in [-0.25, -0.2) is 0 Å². The standard InChI is InChI=1S/C18H17N/c19-18-6-1-3-15(13-18)8-7-14-9-11-17(12-10-14)16-4-2-5-16/h1,3,6,9-13,16H,2,4-5,19H2. The molecule has 3 rings (SSSR count). The highest BCUT2D eigenvalue weighted by Gasteiger charge is 2.18. The first-order valence-corrected chi connectivity index (χ1v) is 6.79. The van der Waals surface area contributed by atoms with Gasteiger partial charge in [0.2, 0.25) is 0 Å². The Morgan fingerprint density at radius 1 is 0.895 bits per heavy atom. The molecule has 1 fully saturated rings. The third kappa shape index (κ3) is 2.80. The Kier molecular flexibility index (Phi) is 3.25. The van der Waals surface area contributed by atoms with Crippen LogP contribution in [-0.4, -0.2) is 0 Å². The molecular weight excluding hydrogens is 230 g/mol. The normalized spacial score (nSPS) is 14.3. The Labute approximate surface area is 114 Å². The summed E-state index contributed by atoms with van der Waals surface area (Å²) in [6, 6.07) is 16.3. The fraction of sp³-hybridized carbons (Fsp3) is 0.222. The molecule has 0 atom stereocenters. The summed E-state index contributed by atoms with van der Waals surface area (Å²) in [5.74, 6) is 7.12. The lowest BCUT2D eigenvalue weighted by Gasteiger charge is -2.25. The Bertz CT molecular complexity index is 625. The highest BCUT2D eigenvalue weighted by molar-refractivity contribution is 5.49. The van der Waals surface area contributed by atoms with E-state index >= 15 is 0 Å². The van der Waals surface area contributed by atoms with Gasteiger partial charge in [0.25, 0.3) is 0 Å². The molecule has 0 amide bonds. The summed E-state index contributed by atoms with van der Waals surface area (Å²) < 4.78 is 0. The summed E-state index contributed by atoms with van der Waals surface area (Å²) in [5.41, 5.74) is 9.97. The lowest BCUT2D eigenvalue weighted by atomic mass is 9.80. The molecule has 2 aromatic carbocycles. The highest BCUT2D eigenvalue weighted by atomic mass is 14.5. The summed E-state index contributed by atoms with van der Waals surface area (Å²) >= 11 is 0. The van der Waals surface area contributed by atoms with Gasteiger partial charge in [-0.2, -0.15) is 0 Å². The van der Waals surface area contributed by atoms with Crippen LogP contribution in [0.1, 0.15) is 41.9 Å². The first kappa shape index (κ1) is 11.9. The molecule has 2 aromatic rings. The van der Waals surface area contributed by atoms with Crippen molar-refractivity contribution in [3.05, 3.63) is 65.2 Å². The minimum atomic E-state index is 0.757. The number of rotatable bonds is 1. The zero-order valence-electron chi connectivity index (χ0n) is 10.9. The van der Waals surface area contributed by atoms with E-state index in [-0.39, 0.29) is 0 Å². The maximum Gasteiger partial charge on any atom is 0.0326 e. The van der Waals surface area contributed by atoms with Gasteiger partial charge in [0.1, 0.15) is 0 Å². The zero-order chi connectivity index (χ0) is 13.1. The molecule has 0 radical (unpaired) electrons. The summed E-state index contributed by atoms with van der Waals surface area (Å²) in [4.78, 5) is 0. The number of benzene rings is 2. The number of hydrogen-bond acceptors (Lipinski definition) is 1. The van der Waals surface area contributed by atoms with Crippen molar-refractivity contribution in [2.45, 2.75) is 25.2 Å². The summed E-state index contributed by atoms with van der Waals surface area (Å²) in [7, 11) is 0. The lowest BCUT2D eigenvalue weighted by Crippen LogP contribution is -2.08. The van der Waals surface area contributed by atoms with Crippen molar-refractivity contribution in [3.8, 4) is 11.8 Å². The van der Waals surface area contributed by atoms with E-state index in [1.54, 1.807) is 0 Å². The van der Waals surface area contributed by atoms with Crippen LogP contribution >= 0.6 is 0 Å². The van der Waals surface area contributed by atoms with E-state index in [0.29, 0.717) is 0 Å². The van der Waals surface area contributed by atoms with Gasteiger partial charge in [-0.15, -0.1) is 0 Å². The molecule has 0 spiro atoms. The second-order valence-electron chi connectivity index (χ2n) is 5.13. The average Bonchev–Trinajstić information content (AvgIpc) is 2.36. The van der Waals surface area contributed by atoms with Gasteiger partial charge >= 0.3 is 0 Å². The minimum Gasteiger partial charge on any atom is -0.399 e. The predicted octanol–water partition coefficient (Wildman–Crippen LogP) is 3.94. The second kappa shape index (κ2) is 5.20. The summed E-state index contributed by atoms with van der Waals surface area (Å²) in [6.07, 6.45) is 4.06. The van der Waals surface area contributed by atoms with Crippen molar-refractivity contribution in [2.75, 3.05) is 5.73 Å². The number of hydrogen-bond donors (Lipinski definition) is 1. The highest BCUT2D eigenvalue weighted by Crippen LogP contribution is 2.36. The summed E-state index contributed by atoms with van der Waals surface area (Å²) in [6.45, 7) is 0. The van der Waals surface area contributed by atoms with Gasteiger partial charge in [0.05, 0.1) is 0 Å². The quantitative estimate of drug-likeness (QED) is 0.599. The molecular formula is C18H17N. The van der Waals surface area contributed by atoms with Crippen molar-refractivity contribution < 1.29 is 0 Å². The van der Waals surface area contributed by atoms with Crippen LogP contribution in [0.25, 0.3) is 0 Å². The number of anilines is 1. The van der Waals surface area contributed by atoms with Crippen LogP contribution in [0.2, 0.25) is 0 Å². The molecule has 0 saturated heterocycles. The van der Waals surface area contributed by atoms with Gasteiger partial charge in [0.15, 0.2) is 0 Å². The van der Waals surface area contributed by atoms with Gasteiger partial charge in [0, 0.05) is 16.8 Å². The Balaban J connectivity index is 1.76. The maximum absolute atomic E-state index is 5.73. The SMILES string of the molecule is Nc1cccc(C#Cc2ccc(C3CCC3)cc2)c1. The fourth-order valence-corrected chi connectivity index (χ4v) is 2.34. The van der Waals surface area contributed by atoms with Crippen LogP contribution in [0, 0.1) is 11.8 Å². The first-order valence-electron chi connectivity index (χ1n) is 6.79. The molecule has 0 bridgehead atoms. The van der Waals surface area contributed by atoms with Crippen LogP contribution in [0.4, 0.5) is 5.69 Å². The molecule has 94 valence electrons. The molecule has 0 heterocycles. The molecule has 0 aromatic heterocycles. The second-order valence-corrected chi connectivity index (χ2v) is 5.13. The lowest BCUT2D eigenvalue weighted by molar-refractivity contribution is 0.420. The largest absolute Gasteiger partial charge is 0.399 e.